The van der Waals surface area contributed by atoms with Crippen LogP contribution in [0.15, 0.2) is 54.1 Å². The van der Waals surface area contributed by atoms with E-state index in [-0.39, 0.29) is 22.7 Å². The first kappa shape index (κ1) is 14.4. The highest BCUT2D eigenvalue weighted by Crippen LogP contribution is 2.38. The van der Waals surface area contributed by atoms with Crippen molar-refractivity contribution in [2.75, 3.05) is 5.73 Å². The summed E-state index contributed by atoms with van der Waals surface area (Å²) in [6, 6.07) is 12.4. The number of carbonyl (C=O) groups is 2. The first-order valence-electron chi connectivity index (χ1n) is 6.62. The van der Waals surface area contributed by atoms with E-state index >= 15 is 0 Å². The Hall–Kier alpha value is -2.59. The van der Waals surface area contributed by atoms with Crippen molar-refractivity contribution >= 4 is 29.0 Å². The highest BCUT2D eigenvalue weighted by atomic mass is 35.5. The summed E-state index contributed by atoms with van der Waals surface area (Å²) in [6.45, 7) is 0. The summed E-state index contributed by atoms with van der Waals surface area (Å²) in [7, 11) is 0. The van der Waals surface area contributed by atoms with Crippen molar-refractivity contribution in [3.8, 4) is 0 Å². The quantitative estimate of drug-likeness (QED) is 0.658. The Bertz CT molecular complexity index is 812. The Labute approximate surface area is 131 Å². The average Bonchev–Trinajstić information content (AvgIpc) is 2.50. The highest BCUT2D eigenvalue weighted by Gasteiger charge is 2.31. The van der Waals surface area contributed by atoms with Gasteiger partial charge in [-0.2, -0.15) is 0 Å². The molecule has 0 heterocycles. The Morgan fingerprint density at radius 3 is 2.50 bits per heavy atom. The molecule has 0 amide bonds. The maximum Gasteiger partial charge on any atom is 0.339 e. The summed E-state index contributed by atoms with van der Waals surface area (Å²) in [4.78, 5) is 23.7. The molecule has 5 heteroatoms. The summed E-state index contributed by atoms with van der Waals surface area (Å²) in [5.41, 5.74) is 7.61. The third kappa shape index (κ3) is 2.27. The molecule has 2 aromatic carbocycles. The maximum atomic E-state index is 12.4. The number of aliphatic carboxylic acids is 1. The standard InChI is InChI=1S/C17H12ClNO3/c18-14-7-11-10(9-4-2-1-3-5-9)6-13(17(21)22)16(20)12(11)8-15(14)19/h1-8,10H,19H2,(H,21,22). The van der Waals surface area contributed by atoms with Gasteiger partial charge in [-0.25, -0.2) is 4.79 Å². The van der Waals surface area contributed by atoms with Gasteiger partial charge >= 0.3 is 5.97 Å². The number of Topliss-reactive ketones (excluding diaryl/α,β-unsaturated/α-hetero) is 1. The summed E-state index contributed by atoms with van der Waals surface area (Å²) < 4.78 is 0. The molecule has 1 unspecified atom stereocenters. The van der Waals surface area contributed by atoms with Gasteiger partial charge in [-0.3, -0.25) is 4.79 Å². The first-order valence-corrected chi connectivity index (χ1v) is 7.00. The largest absolute Gasteiger partial charge is 0.478 e. The van der Waals surface area contributed by atoms with Crippen LogP contribution in [-0.4, -0.2) is 16.9 Å². The van der Waals surface area contributed by atoms with E-state index in [1.54, 1.807) is 6.07 Å². The van der Waals surface area contributed by atoms with E-state index in [2.05, 4.69) is 0 Å². The number of carboxylic acid groups (broad SMARTS) is 1. The van der Waals surface area contributed by atoms with Crippen LogP contribution in [-0.2, 0) is 4.79 Å². The molecule has 0 saturated carbocycles. The van der Waals surface area contributed by atoms with Crippen LogP contribution in [0.2, 0.25) is 5.02 Å². The maximum absolute atomic E-state index is 12.4. The van der Waals surface area contributed by atoms with Crippen LogP contribution >= 0.6 is 11.6 Å². The number of benzene rings is 2. The Morgan fingerprint density at radius 2 is 1.86 bits per heavy atom. The average molecular weight is 314 g/mol. The molecule has 2 aromatic rings. The predicted octanol–water partition coefficient (Wildman–Crippen LogP) is 3.26. The fraction of sp³-hybridized carbons (Fsp3) is 0.0588. The van der Waals surface area contributed by atoms with Crippen molar-refractivity contribution in [1.82, 2.24) is 0 Å². The second-order valence-electron chi connectivity index (χ2n) is 5.06. The van der Waals surface area contributed by atoms with Crippen LogP contribution < -0.4 is 5.73 Å². The first-order chi connectivity index (χ1) is 10.5. The number of nitrogens with two attached hydrogens (primary N) is 1. The Morgan fingerprint density at radius 1 is 1.18 bits per heavy atom. The van der Waals surface area contributed by atoms with E-state index in [9.17, 15) is 14.7 Å². The second kappa shape index (κ2) is 5.31. The zero-order valence-electron chi connectivity index (χ0n) is 11.4. The molecule has 0 aliphatic heterocycles. The van der Waals surface area contributed by atoms with Gasteiger partial charge in [-0.05, 0) is 23.3 Å². The number of hydrogen-bond donors (Lipinski definition) is 2. The lowest BCUT2D eigenvalue weighted by Crippen LogP contribution is -2.22. The lowest BCUT2D eigenvalue weighted by molar-refractivity contribution is -0.132. The minimum absolute atomic E-state index is 0.247. The Balaban J connectivity index is 2.26. The van der Waals surface area contributed by atoms with Crippen molar-refractivity contribution in [1.29, 1.82) is 0 Å². The minimum Gasteiger partial charge on any atom is -0.478 e. The second-order valence-corrected chi connectivity index (χ2v) is 5.47. The molecule has 0 aromatic heterocycles. The molecule has 0 saturated heterocycles. The van der Waals surface area contributed by atoms with Crippen LogP contribution in [0.3, 0.4) is 0 Å². The van der Waals surface area contributed by atoms with Crippen LogP contribution in [0.25, 0.3) is 0 Å². The zero-order chi connectivity index (χ0) is 15.9. The third-order valence-electron chi connectivity index (χ3n) is 3.72. The highest BCUT2D eigenvalue weighted by molar-refractivity contribution is 6.34. The van der Waals surface area contributed by atoms with Gasteiger partial charge in [0.05, 0.1) is 10.7 Å². The van der Waals surface area contributed by atoms with E-state index < -0.39 is 11.8 Å². The van der Waals surface area contributed by atoms with Gasteiger partial charge in [0, 0.05) is 11.5 Å². The van der Waals surface area contributed by atoms with E-state index in [1.807, 2.05) is 30.3 Å². The van der Waals surface area contributed by atoms with Gasteiger partial charge in [-0.15, -0.1) is 0 Å². The normalized spacial score (nSPS) is 16.9. The Kier molecular flexibility index (Phi) is 3.47. The summed E-state index contributed by atoms with van der Waals surface area (Å²) in [5, 5.41) is 9.62. The van der Waals surface area contributed by atoms with Crippen LogP contribution in [0.5, 0.6) is 0 Å². The number of anilines is 1. The van der Waals surface area contributed by atoms with Gasteiger partial charge in [0.2, 0.25) is 0 Å². The lowest BCUT2D eigenvalue weighted by Gasteiger charge is -2.23. The molecule has 22 heavy (non-hydrogen) atoms. The molecule has 0 bridgehead atoms. The monoisotopic (exact) mass is 313 g/mol. The fourth-order valence-corrected chi connectivity index (χ4v) is 2.81. The third-order valence-corrected chi connectivity index (χ3v) is 4.04. The molecule has 0 radical (unpaired) electrons. The summed E-state index contributed by atoms with van der Waals surface area (Å²) in [5.74, 6) is -2.14. The molecule has 1 atom stereocenters. The molecule has 1 aliphatic carbocycles. The molecule has 4 nitrogen and oxygen atoms in total. The number of allylic oxidation sites excluding steroid dienone is 1. The number of ketones is 1. The number of carboxylic acids is 1. The smallest absolute Gasteiger partial charge is 0.339 e. The molecule has 110 valence electrons. The minimum atomic E-state index is -1.25. The van der Waals surface area contributed by atoms with Crippen molar-refractivity contribution in [3.05, 3.63) is 75.8 Å². The number of hydrogen-bond acceptors (Lipinski definition) is 3. The van der Waals surface area contributed by atoms with Gasteiger partial charge in [-0.1, -0.05) is 48.0 Å². The van der Waals surface area contributed by atoms with Crippen LogP contribution in [0, 0.1) is 0 Å². The lowest BCUT2D eigenvalue weighted by atomic mass is 9.79. The van der Waals surface area contributed by atoms with Crippen molar-refractivity contribution in [2.45, 2.75) is 5.92 Å². The number of carbonyl (C=O) groups excluding carboxylic acids is 1. The van der Waals surface area contributed by atoms with Crippen molar-refractivity contribution in [2.24, 2.45) is 0 Å². The summed E-state index contributed by atoms with van der Waals surface area (Å²) in [6.07, 6.45) is 1.47. The zero-order valence-corrected chi connectivity index (χ0v) is 12.2. The number of fused-ring (bicyclic) bond motifs is 1. The molecular weight excluding hydrogens is 302 g/mol. The molecule has 0 fully saturated rings. The molecule has 3 rings (SSSR count). The summed E-state index contributed by atoms with van der Waals surface area (Å²) >= 11 is 6.07. The van der Waals surface area contributed by atoms with Gasteiger partial charge in [0.1, 0.15) is 5.57 Å². The number of halogens is 1. The van der Waals surface area contributed by atoms with E-state index in [0.717, 1.165) is 5.56 Å². The van der Waals surface area contributed by atoms with Crippen LogP contribution in [0.4, 0.5) is 5.69 Å². The molecule has 3 N–H and O–H groups in total. The fourth-order valence-electron chi connectivity index (χ4n) is 2.64. The number of rotatable bonds is 2. The van der Waals surface area contributed by atoms with E-state index in [1.165, 1.54) is 12.1 Å². The van der Waals surface area contributed by atoms with E-state index in [0.29, 0.717) is 10.6 Å². The topological polar surface area (TPSA) is 80.4 Å². The van der Waals surface area contributed by atoms with Gasteiger partial charge in [0.25, 0.3) is 0 Å². The van der Waals surface area contributed by atoms with Crippen molar-refractivity contribution < 1.29 is 14.7 Å². The van der Waals surface area contributed by atoms with E-state index in [4.69, 9.17) is 17.3 Å². The SMILES string of the molecule is Nc1cc2c(cc1Cl)C(c1ccccc1)C=C(C(=O)O)C2=O. The predicted molar refractivity (Wildman–Crippen MR) is 84.2 cm³/mol. The van der Waals surface area contributed by atoms with Gasteiger partial charge in [0.15, 0.2) is 5.78 Å². The number of nitrogen functional groups attached to an aromatic ring is 1. The van der Waals surface area contributed by atoms with Crippen molar-refractivity contribution in [3.63, 3.8) is 0 Å². The van der Waals surface area contributed by atoms with Crippen LogP contribution in [0.1, 0.15) is 27.4 Å². The van der Waals surface area contributed by atoms with Gasteiger partial charge < -0.3 is 10.8 Å². The molecule has 1 aliphatic rings. The molecular formula is C17H12ClNO3. The molecule has 0 spiro atoms.